The first-order valence-corrected chi connectivity index (χ1v) is 10.1. The molecule has 1 heterocycles. The van der Waals surface area contributed by atoms with Crippen LogP contribution in [-0.4, -0.2) is 43.0 Å². The van der Waals surface area contributed by atoms with Crippen LogP contribution in [0.2, 0.25) is 0 Å². The van der Waals surface area contributed by atoms with Crippen LogP contribution < -0.4 is 11.1 Å². The van der Waals surface area contributed by atoms with Crippen LogP contribution in [0, 0.1) is 17.8 Å². The first-order valence-electron chi connectivity index (χ1n) is 10.1. The van der Waals surface area contributed by atoms with Crippen LogP contribution in [0.3, 0.4) is 0 Å². The Labute approximate surface area is 149 Å². The number of carbonyl (C=O) groups is 1. The van der Waals surface area contributed by atoms with E-state index in [0.717, 1.165) is 50.9 Å². The molecule has 0 atom stereocenters. The van der Waals surface area contributed by atoms with Gasteiger partial charge in [-0.15, -0.1) is 0 Å². The molecular weight excluding hydrogens is 298 g/mol. The van der Waals surface area contributed by atoms with E-state index in [2.05, 4.69) is 37.9 Å². The molecule has 3 N–H and O–H groups in total. The van der Waals surface area contributed by atoms with Gasteiger partial charge in [0.25, 0.3) is 0 Å². The molecule has 1 amide bonds. The number of primary amides is 1. The molecule has 1 fully saturated rings. The van der Waals surface area contributed by atoms with E-state index < -0.39 is 0 Å². The minimum atomic E-state index is -0.116. The van der Waals surface area contributed by atoms with Gasteiger partial charge < -0.3 is 16.0 Å². The van der Waals surface area contributed by atoms with Crippen LogP contribution in [0.4, 0.5) is 0 Å². The second-order valence-corrected chi connectivity index (χ2v) is 8.47. The normalized spacial score (nSPS) is 17.3. The fourth-order valence-electron chi connectivity index (χ4n) is 3.47. The molecule has 0 aromatic heterocycles. The third kappa shape index (κ3) is 9.63. The van der Waals surface area contributed by atoms with Gasteiger partial charge in [-0.1, -0.05) is 27.7 Å². The molecular formula is C20H41N3O. The first-order chi connectivity index (χ1) is 11.4. The summed E-state index contributed by atoms with van der Waals surface area (Å²) in [6.45, 7) is 13.6. The van der Waals surface area contributed by atoms with Crippen molar-refractivity contribution >= 4 is 5.91 Å². The topological polar surface area (TPSA) is 58.4 Å². The van der Waals surface area contributed by atoms with E-state index in [1.54, 1.807) is 0 Å². The van der Waals surface area contributed by atoms with Crippen LogP contribution in [0.25, 0.3) is 0 Å². The summed E-state index contributed by atoms with van der Waals surface area (Å²) in [5.74, 6) is 1.57. The Balaban J connectivity index is 2.18. The van der Waals surface area contributed by atoms with Crippen molar-refractivity contribution in [2.45, 2.75) is 78.7 Å². The Kier molecular flexibility index (Phi) is 10.6. The zero-order valence-electron chi connectivity index (χ0n) is 16.5. The molecule has 0 unspecified atom stereocenters. The number of nitrogens with zero attached hydrogens (tertiary/aromatic N) is 1. The third-order valence-corrected chi connectivity index (χ3v) is 5.26. The summed E-state index contributed by atoms with van der Waals surface area (Å²) in [5, 5.41) is 3.80. The van der Waals surface area contributed by atoms with Crippen molar-refractivity contribution in [3.05, 3.63) is 0 Å². The second-order valence-electron chi connectivity index (χ2n) is 8.47. The zero-order chi connectivity index (χ0) is 17.9. The number of amides is 1. The lowest BCUT2D eigenvalue weighted by molar-refractivity contribution is -0.123. The molecule has 4 nitrogen and oxygen atoms in total. The molecule has 1 aliphatic rings. The van der Waals surface area contributed by atoms with Crippen molar-refractivity contribution in [3.63, 3.8) is 0 Å². The van der Waals surface area contributed by atoms with Gasteiger partial charge in [0.2, 0.25) is 5.91 Å². The van der Waals surface area contributed by atoms with E-state index in [9.17, 15) is 4.79 Å². The van der Waals surface area contributed by atoms with Crippen LogP contribution >= 0.6 is 0 Å². The molecule has 1 aliphatic heterocycles. The van der Waals surface area contributed by atoms with Gasteiger partial charge in [0.05, 0.1) is 0 Å². The summed E-state index contributed by atoms with van der Waals surface area (Å²) >= 11 is 0. The standard InChI is InChI=1S/C20H41N3O/c1-16(2)6-8-19(9-7-17(3)4)22-12-5-13-23-14-10-18(11-15-23)20(21)24/h16-19,22H,5-15H2,1-4H3,(H2,21,24). The number of carbonyl (C=O) groups excluding carboxylic acids is 1. The summed E-state index contributed by atoms with van der Waals surface area (Å²) in [5.41, 5.74) is 5.40. The highest BCUT2D eigenvalue weighted by Gasteiger charge is 2.22. The minimum Gasteiger partial charge on any atom is -0.369 e. The highest BCUT2D eigenvalue weighted by molar-refractivity contribution is 5.76. The predicted molar refractivity (Wildman–Crippen MR) is 103 cm³/mol. The average Bonchev–Trinajstić information content (AvgIpc) is 2.53. The Bertz CT molecular complexity index is 324. The van der Waals surface area contributed by atoms with E-state index in [1.165, 1.54) is 32.1 Å². The average molecular weight is 340 g/mol. The lowest BCUT2D eigenvalue weighted by Crippen LogP contribution is -2.40. The quantitative estimate of drug-likeness (QED) is 0.536. The molecule has 0 spiro atoms. The SMILES string of the molecule is CC(C)CCC(CCC(C)C)NCCCN1CCC(C(N)=O)CC1. The van der Waals surface area contributed by atoms with Gasteiger partial charge in [-0.3, -0.25) is 4.79 Å². The van der Waals surface area contributed by atoms with Crippen LogP contribution in [0.1, 0.15) is 72.6 Å². The Morgan fingerprint density at radius 2 is 1.58 bits per heavy atom. The molecule has 1 saturated heterocycles. The molecule has 24 heavy (non-hydrogen) atoms. The molecule has 142 valence electrons. The maximum absolute atomic E-state index is 11.2. The number of nitrogens with two attached hydrogens (primary N) is 1. The Morgan fingerprint density at radius 1 is 1.04 bits per heavy atom. The number of hydrogen-bond donors (Lipinski definition) is 2. The van der Waals surface area contributed by atoms with Crippen molar-refractivity contribution in [1.82, 2.24) is 10.2 Å². The van der Waals surface area contributed by atoms with Gasteiger partial charge in [-0.25, -0.2) is 0 Å². The summed E-state index contributed by atoms with van der Waals surface area (Å²) < 4.78 is 0. The molecule has 0 aliphatic carbocycles. The zero-order valence-corrected chi connectivity index (χ0v) is 16.5. The number of hydrogen-bond acceptors (Lipinski definition) is 3. The van der Waals surface area contributed by atoms with Gasteiger partial charge in [0.15, 0.2) is 0 Å². The highest BCUT2D eigenvalue weighted by atomic mass is 16.1. The van der Waals surface area contributed by atoms with E-state index in [1.807, 2.05) is 0 Å². The largest absolute Gasteiger partial charge is 0.369 e. The van der Waals surface area contributed by atoms with E-state index in [4.69, 9.17) is 5.73 Å². The molecule has 0 aromatic rings. The lowest BCUT2D eigenvalue weighted by atomic mass is 9.96. The number of rotatable bonds is 12. The molecule has 0 bridgehead atoms. The molecule has 0 aromatic carbocycles. The van der Waals surface area contributed by atoms with Crippen molar-refractivity contribution in [2.75, 3.05) is 26.2 Å². The second kappa shape index (κ2) is 11.9. The molecule has 0 radical (unpaired) electrons. The van der Waals surface area contributed by atoms with Gasteiger partial charge in [0.1, 0.15) is 0 Å². The molecule has 1 rings (SSSR count). The highest BCUT2D eigenvalue weighted by Crippen LogP contribution is 2.17. The maximum Gasteiger partial charge on any atom is 0.220 e. The van der Waals surface area contributed by atoms with Crippen molar-refractivity contribution in [3.8, 4) is 0 Å². The van der Waals surface area contributed by atoms with Gasteiger partial charge in [0, 0.05) is 12.0 Å². The smallest absolute Gasteiger partial charge is 0.220 e. The van der Waals surface area contributed by atoms with Gasteiger partial charge in [-0.05, 0) is 83.0 Å². The number of piperidine rings is 1. The van der Waals surface area contributed by atoms with Gasteiger partial charge >= 0.3 is 0 Å². The number of likely N-dealkylation sites (tertiary alicyclic amines) is 1. The van der Waals surface area contributed by atoms with Crippen LogP contribution in [0.5, 0.6) is 0 Å². The number of nitrogens with one attached hydrogen (secondary N) is 1. The summed E-state index contributed by atoms with van der Waals surface area (Å²) in [6.07, 6.45) is 8.30. The summed E-state index contributed by atoms with van der Waals surface area (Å²) in [6, 6.07) is 0.676. The van der Waals surface area contributed by atoms with E-state index >= 15 is 0 Å². The summed E-state index contributed by atoms with van der Waals surface area (Å²) in [7, 11) is 0. The molecule has 4 heteroatoms. The maximum atomic E-state index is 11.2. The summed E-state index contributed by atoms with van der Waals surface area (Å²) in [4.78, 5) is 13.7. The minimum absolute atomic E-state index is 0.107. The first kappa shape index (κ1) is 21.4. The van der Waals surface area contributed by atoms with Crippen molar-refractivity contribution in [2.24, 2.45) is 23.5 Å². The predicted octanol–water partition coefficient (Wildman–Crippen LogP) is 3.40. The fourth-order valence-corrected chi connectivity index (χ4v) is 3.47. The van der Waals surface area contributed by atoms with Crippen LogP contribution in [0.15, 0.2) is 0 Å². The lowest BCUT2D eigenvalue weighted by Gasteiger charge is -2.30. The fraction of sp³-hybridized carbons (Fsp3) is 0.950. The van der Waals surface area contributed by atoms with E-state index in [-0.39, 0.29) is 11.8 Å². The van der Waals surface area contributed by atoms with Crippen LogP contribution in [-0.2, 0) is 4.79 Å². The van der Waals surface area contributed by atoms with Gasteiger partial charge in [-0.2, -0.15) is 0 Å². The van der Waals surface area contributed by atoms with Crippen molar-refractivity contribution in [1.29, 1.82) is 0 Å². The Hall–Kier alpha value is -0.610. The third-order valence-electron chi connectivity index (χ3n) is 5.26. The monoisotopic (exact) mass is 339 g/mol. The van der Waals surface area contributed by atoms with E-state index in [0.29, 0.717) is 6.04 Å². The Morgan fingerprint density at radius 3 is 2.04 bits per heavy atom. The molecule has 0 saturated carbocycles. The van der Waals surface area contributed by atoms with Crippen molar-refractivity contribution < 1.29 is 4.79 Å².